The maximum absolute atomic E-state index is 12.8. The van der Waals surface area contributed by atoms with Gasteiger partial charge in [0.1, 0.15) is 5.69 Å². The largest absolute Gasteiger partial charge is 0.471 e. The summed E-state index contributed by atoms with van der Waals surface area (Å²) in [5.74, 6) is -1.11. The summed E-state index contributed by atoms with van der Waals surface area (Å²) < 4.78 is 42.6. The molecule has 0 spiro atoms. The van der Waals surface area contributed by atoms with Crippen molar-refractivity contribution in [2.45, 2.75) is 12.7 Å². The lowest BCUT2D eigenvalue weighted by Gasteiger charge is -2.22. The van der Waals surface area contributed by atoms with Crippen molar-refractivity contribution in [1.82, 2.24) is 35.0 Å². The van der Waals surface area contributed by atoms with Crippen molar-refractivity contribution in [3.05, 3.63) is 59.6 Å². The number of nitrogens with zero attached hydrogens (tertiary/aromatic N) is 8. The number of carbonyl (C=O) groups excluding carboxylic acids is 1. The minimum atomic E-state index is -4.72. The van der Waals surface area contributed by atoms with Crippen LogP contribution in [0.3, 0.4) is 0 Å². The van der Waals surface area contributed by atoms with Gasteiger partial charge in [-0.05, 0) is 12.1 Å². The summed E-state index contributed by atoms with van der Waals surface area (Å²) in [5.41, 5.74) is 0.143. The number of thiophene rings is 1. The SMILES string of the molecule is CN(C)C(=O)c1cncc(N(Cc2ccc(-c3noc(C(F)(F)F)n3)s2)c2cnccn2)n1. The molecule has 4 aromatic heterocycles. The van der Waals surface area contributed by atoms with E-state index in [2.05, 4.69) is 34.6 Å². The highest BCUT2D eigenvalue weighted by Crippen LogP contribution is 2.33. The zero-order chi connectivity index (χ0) is 23.6. The zero-order valence-electron chi connectivity index (χ0n) is 17.2. The molecule has 0 unspecified atom stereocenters. The predicted octanol–water partition coefficient (Wildman–Crippen LogP) is 3.44. The molecule has 170 valence electrons. The third-order valence-electron chi connectivity index (χ3n) is 4.21. The molecular formula is C19H15F3N8O2S. The number of rotatable bonds is 6. The number of anilines is 2. The van der Waals surface area contributed by atoms with Crippen molar-refractivity contribution in [3.63, 3.8) is 0 Å². The summed E-state index contributed by atoms with van der Waals surface area (Å²) >= 11 is 1.18. The van der Waals surface area contributed by atoms with E-state index in [0.717, 1.165) is 4.88 Å². The summed E-state index contributed by atoms with van der Waals surface area (Å²) in [6, 6.07) is 3.31. The van der Waals surface area contributed by atoms with Crippen molar-refractivity contribution in [2.75, 3.05) is 19.0 Å². The van der Waals surface area contributed by atoms with Crippen LogP contribution in [0.4, 0.5) is 24.8 Å². The third kappa shape index (κ3) is 4.95. The molecule has 1 amide bonds. The molecule has 0 N–H and O–H groups in total. The average molecular weight is 476 g/mol. The van der Waals surface area contributed by atoms with Crippen LogP contribution in [0.15, 0.2) is 47.6 Å². The summed E-state index contributed by atoms with van der Waals surface area (Å²) in [7, 11) is 3.21. The Bertz CT molecular complexity index is 1260. The van der Waals surface area contributed by atoms with E-state index in [1.807, 2.05) is 0 Å². The molecule has 0 radical (unpaired) electrons. The maximum atomic E-state index is 12.8. The van der Waals surface area contributed by atoms with Crippen LogP contribution in [0.5, 0.6) is 0 Å². The van der Waals surface area contributed by atoms with Gasteiger partial charge in [-0.1, -0.05) is 5.16 Å². The fourth-order valence-corrected chi connectivity index (χ4v) is 3.63. The van der Waals surface area contributed by atoms with Crippen molar-refractivity contribution in [1.29, 1.82) is 0 Å². The van der Waals surface area contributed by atoms with Gasteiger partial charge in [-0.15, -0.1) is 11.3 Å². The van der Waals surface area contributed by atoms with Gasteiger partial charge in [0, 0.05) is 31.4 Å². The lowest BCUT2D eigenvalue weighted by molar-refractivity contribution is -0.159. The fourth-order valence-electron chi connectivity index (χ4n) is 2.71. The quantitative estimate of drug-likeness (QED) is 0.413. The Morgan fingerprint density at radius 2 is 1.85 bits per heavy atom. The summed E-state index contributed by atoms with van der Waals surface area (Å²) in [4.78, 5) is 36.8. The normalized spacial score (nSPS) is 11.4. The molecule has 0 saturated heterocycles. The standard InChI is InChI=1S/C19H15F3N8O2S/c1-29(2)17(31)12-7-24-9-15(26-12)30(14-8-23-5-6-25-14)10-11-3-4-13(33-11)16-27-18(32-28-16)19(20,21)22/h3-9H,10H2,1-2H3. The van der Waals surface area contributed by atoms with E-state index in [1.165, 1.54) is 47.2 Å². The summed E-state index contributed by atoms with van der Waals surface area (Å²) in [6.07, 6.45) is 2.65. The number of carbonyl (C=O) groups is 1. The van der Waals surface area contributed by atoms with Gasteiger partial charge in [0.15, 0.2) is 11.6 Å². The van der Waals surface area contributed by atoms with E-state index >= 15 is 0 Å². The first kappa shape index (κ1) is 22.3. The Kier molecular flexibility index (Phi) is 6.00. The Hall–Kier alpha value is -3.94. The number of aromatic nitrogens is 6. The van der Waals surface area contributed by atoms with Crippen molar-refractivity contribution in [3.8, 4) is 10.7 Å². The van der Waals surface area contributed by atoms with E-state index in [4.69, 9.17) is 0 Å². The van der Waals surface area contributed by atoms with Gasteiger partial charge in [0.2, 0.25) is 5.82 Å². The molecule has 0 aliphatic rings. The molecule has 0 bridgehead atoms. The number of halogens is 3. The maximum Gasteiger partial charge on any atom is 0.471 e. The minimum absolute atomic E-state index is 0.143. The molecule has 33 heavy (non-hydrogen) atoms. The van der Waals surface area contributed by atoms with Gasteiger partial charge in [-0.2, -0.15) is 18.2 Å². The van der Waals surface area contributed by atoms with Crippen molar-refractivity contribution >= 4 is 28.9 Å². The molecule has 0 aliphatic carbocycles. The van der Waals surface area contributed by atoms with Crippen LogP contribution in [-0.4, -0.2) is 55.0 Å². The second kappa shape index (κ2) is 8.90. The molecule has 4 aromatic rings. The van der Waals surface area contributed by atoms with Gasteiger partial charge in [-0.3, -0.25) is 14.8 Å². The van der Waals surface area contributed by atoms with Crippen LogP contribution in [0.1, 0.15) is 21.3 Å². The van der Waals surface area contributed by atoms with Gasteiger partial charge < -0.3 is 14.3 Å². The Morgan fingerprint density at radius 3 is 2.52 bits per heavy atom. The van der Waals surface area contributed by atoms with Gasteiger partial charge in [0.25, 0.3) is 5.91 Å². The van der Waals surface area contributed by atoms with E-state index in [1.54, 1.807) is 31.1 Å². The fraction of sp³-hybridized carbons (Fsp3) is 0.211. The molecule has 0 aromatic carbocycles. The molecule has 0 fully saturated rings. The molecule has 4 heterocycles. The van der Waals surface area contributed by atoms with E-state index in [9.17, 15) is 18.0 Å². The lowest BCUT2D eigenvalue weighted by Crippen LogP contribution is -2.25. The number of hydrogen-bond acceptors (Lipinski definition) is 10. The molecular weight excluding hydrogens is 461 g/mol. The second-order valence-corrected chi connectivity index (χ2v) is 7.97. The monoisotopic (exact) mass is 476 g/mol. The summed E-state index contributed by atoms with van der Waals surface area (Å²) in [5, 5.41) is 3.41. The van der Waals surface area contributed by atoms with Crippen molar-refractivity contribution < 1.29 is 22.5 Å². The molecule has 14 heteroatoms. The Balaban J connectivity index is 1.65. The average Bonchev–Trinajstić information content (AvgIpc) is 3.47. The van der Waals surface area contributed by atoms with Crippen LogP contribution >= 0.6 is 11.3 Å². The van der Waals surface area contributed by atoms with Crippen LogP contribution in [0.25, 0.3) is 10.7 Å². The Labute approximate surface area is 188 Å². The first-order valence-electron chi connectivity index (χ1n) is 9.29. The second-order valence-electron chi connectivity index (χ2n) is 6.80. The predicted molar refractivity (Wildman–Crippen MR) is 111 cm³/mol. The summed E-state index contributed by atoms with van der Waals surface area (Å²) in [6.45, 7) is 0.224. The van der Waals surface area contributed by atoms with Gasteiger partial charge >= 0.3 is 12.1 Å². The smallest absolute Gasteiger partial charge is 0.343 e. The van der Waals surface area contributed by atoms with Gasteiger partial charge in [-0.25, -0.2) is 9.97 Å². The number of hydrogen-bond donors (Lipinski definition) is 0. The minimum Gasteiger partial charge on any atom is -0.343 e. The van der Waals surface area contributed by atoms with Crippen LogP contribution < -0.4 is 4.90 Å². The molecule has 10 nitrogen and oxygen atoms in total. The highest BCUT2D eigenvalue weighted by molar-refractivity contribution is 7.15. The topological polar surface area (TPSA) is 114 Å². The highest BCUT2D eigenvalue weighted by atomic mass is 32.1. The molecule has 0 atom stereocenters. The van der Waals surface area contributed by atoms with E-state index in [-0.39, 0.29) is 24.0 Å². The first-order valence-corrected chi connectivity index (χ1v) is 10.1. The van der Waals surface area contributed by atoms with Crippen LogP contribution in [-0.2, 0) is 12.7 Å². The first-order chi connectivity index (χ1) is 15.7. The molecule has 0 aliphatic heterocycles. The van der Waals surface area contributed by atoms with Crippen LogP contribution in [0.2, 0.25) is 0 Å². The Morgan fingerprint density at radius 1 is 1.06 bits per heavy atom. The third-order valence-corrected chi connectivity index (χ3v) is 5.28. The number of amides is 1. The zero-order valence-corrected chi connectivity index (χ0v) is 18.0. The molecule has 4 rings (SSSR count). The number of alkyl halides is 3. The molecule has 0 saturated carbocycles. The van der Waals surface area contributed by atoms with E-state index < -0.39 is 12.1 Å². The van der Waals surface area contributed by atoms with E-state index in [0.29, 0.717) is 16.5 Å². The lowest BCUT2D eigenvalue weighted by atomic mass is 10.3. The van der Waals surface area contributed by atoms with Crippen LogP contribution in [0, 0.1) is 0 Å². The van der Waals surface area contributed by atoms with Gasteiger partial charge in [0.05, 0.1) is 30.0 Å². The highest BCUT2D eigenvalue weighted by Gasteiger charge is 2.38. The van der Waals surface area contributed by atoms with Crippen molar-refractivity contribution in [2.24, 2.45) is 0 Å².